The smallest absolute Gasteiger partial charge is 0.157 e. The first-order valence-corrected chi connectivity index (χ1v) is 10.6. The van der Waals surface area contributed by atoms with Gasteiger partial charge in [0.15, 0.2) is 5.65 Å². The van der Waals surface area contributed by atoms with Gasteiger partial charge in [0.05, 0.1) is 16.6 Å². The summed E-state index contributed by atoms with van der Waals surface area (Å²) in [6.07, 6.45) is 5.45. The average molecular weight is 376 g/mol. The summed E-state index contributed by atoms with van der Waals surface area (Å²) in [6.45, 7) is 8.66. The van der Waals surface area contributed by atoms with Crippen molar-refractivity contribution in [3.05, 3.63) is 41.0 Å². The number of benzene rings is 1. The summed E-state index contributed by atoms with van der Waals surface area (Å²) in [7, 11) is 0. The van der Waals surface area contributed by atoms with E-state index in [1.807, 2.05) is 18.2 Å². The normalized spacial score (nSPS) is 13.8. The summed E-state index contributed by atoms with van der Waals surface area (Å²) in [4.78, 5) is 7.29. The van der Waals surface area contributed by atoms with E-state index in [1.54, 1.807) is 0 Å². The third-order valence-corrected chi connectivity index (χ3v) is 6.01. The van der Waals surface area contributed by atoms with Gasteiger partial charge in [-0.25, -0.2) is 4.98 Å². The summed E-state index contributed by atoms with van der Waals surface area (Å²) in [5.74, 6) is 1.15. The molecule has 28 heavy (non-hydrogen) atoms. The Morgan fingerprint density at radius 2 is 1.89 bits per heavy atom. The molecule has 146 valence electrons. The highest BCUT2D eigenvalue weighted by Gasteiger charge is 2.24. The number of para-hydroxylation sites is 2. The molecule has 0 amide bonds. The van der Waals surface area contributed by atoms with Gasteiger partial charge in [0.2, 0.25) is 0 Å². The number of hydrogen-bond donors (Lipinski definition) is 1. The predicted octanol–water partition coefficient (Wildman–Crippen LogP) is 4.38. The van der Waals surface area contributed by atoms with E-state index >= 15 is 0 Å². The molecule has 5 heteroatoms. The number of hydrogen-bond acceptors (Lipinski definition) is 4. The number of anilines is 1. The number of pyridine rings is 1. The van der Waals surface area contributed by atoms with Crippen LogP contribution in [0, 0.1) is 11.3 Å². The van der Waals surface area contributed by atoms with E-state index in [0.717, 1.165) is 79.9 Å². The minimum Gasteiger partial charge on any atom is -0.371 e. The SMILES string of the molecule is CCN(CC)CCCNc1c2c(c(C#N)c3nc4ccccc4n13)CCCC2. The Bertz CT molecular complexity index is 1020. The molecule has 5 nitrogen and oxygen atoms in total. The van der Waals surface area contributed by atoms with Crippen molar-refractivity contribution in [2.75, 3.05) is 31.5 Å². The van der Waals surface area contributed by atoms with Crippen molar-refractivity contribution < 1.29 is 0 Å². The second-order valence-electron chi connectivity index (χ2n) is 7.57. The van der Waals surface area contributed by atoms with Gasteiger partial charge in [-0.2, -0.15) is 5.26 Å². The van der Waals surface area contributed by atoms with Crippen LogP contribution < -0.4 is 5.32 Å². The number of fused-ring (bicyclic) bond motifs is 4. The first kappa shape index (κ1) is 18.8. The van der Waals surface area contributed by atoms with Crippen molar-refractivity contribution >= 4 is 22.5 Å². The van der Waals surface area contributed by atoms with Crippen LogP contribution in [0.15, 0.2) is 24.3 Å². The zero-order valence-electron chi connectivity index (χ0n) is 17.0. The van der Waals surface area contributed by atoms with Gasteiger partial charge in [0.1, 0.15) is 11.9 Å². The summed E-state index contributed by atoms with van der Waals surface area (Å²) in [5.41, 5.74) is 6.13. The number of rotatable bonds is 7. The van der Waals surface area contributed by atoms with E-state index in [4.69, 9.17) is 4.98 Å². The minimum absolute atomic E-state index is 0.764. The van der Waals surface area contributed by atoms with Crippen LogP contribution in [0.3, 0.4) is 0 Å². The minimum atomic E-state index is 0.764. The number of nitrogens with one attached hydrogen (secondary N) is 1. The molecule has 0 saturated carbocycles. The van der Waals surface area contributed by atoms with Crippen LogP contribution in [-0.4, -0.2) is 40.5 Å². The molecule has 1 aromatic carbocycles. The molecule has 4 rings (SSSR count). The molecule has 3 aromatic rings. The van der Waals surface area contributed by atoms with Crippen molar-refractivity contribution in [2.24, 2.45) is 0 Å². The number of nitrogens with zero attached hydrogens (tertiary/aromatic N) is 4. The maximum absolute atomic E-state index is 9.91. The summed E-state index contributed by atoms with van der Waals surface area (Å²) >= 11 is 0. The summed E-state index contributed by atoms with van der Waals surface area (Å²) in [6, 6.07) is 10.7. The molecule has 2 heterocycles. The Balaban J connectivity index is 1.78. The topological polar surface area (TPSA) is 56.4 Å². The lowest BCUT2D eigenvalue weighted by Crippen LogP contribution is -2.26. The number of aromatic nitrogens is 2. The highest BCUT2D eigenvalue weighted by Crippen LogP contribution is 2.35. The van der Waals surface area contributed by atoms with E-state index in [0.29, 0.717) is 0 Å². The standard InChI is InChI=1S/C23H29N5/c1-3-27(4-2)15-9-14-25-22-18-11-6-5-10-17(18)19(16-24)23-26-20-12-7-8-13-21(20)28(22)23/h7-8,12-13,25H,3-6,9-11,14-15H2,1-2H3. The second kappa shape index (κ2) is 8.20. The van der Waals surface area contributed by atoms with Crippen molar-refractivity contribution in [1.29, 1.82) is 5.26 Å². The highest BCUT2D eigenvalue weighted by molar-refractivity contribution is 5.86. The van der Waals surface area contributed by atoms with Crippen LogP contribution in [0.4, 0.5) is 5.82 Å². The van der Waals surface area contributed by atoms with Gasteiger partial charge in [0.25, 0.3) is 0 Å². The van der Waals surface area contributed by atoms with E-state index in [2.05, 4.69) is 40.6 Å². The lowest BCUT2D eigenvalue weighted by molar-refractivity contribution is 0.303. The van der Waals surface area contributed by atoms with E-state index in [9.17, 15) is 5.26 Å². The molecule has 0 saturated heterocycles. The molecular formula is C23H29N5. The van der Waals surface area contributed by atoms with Crippen LogP contribution in [0.1, 0.15) is 49.8 Å². The number of imidazole rings is 1. The second-order valence-corrected chi connectivity index (χ2v) is 7.57. The Kier molecular flexibility index (Phi) is 5.50. The molecule has 1 aliphatic rings. The summed E-state index contributed by atoms with van der Waals surface area (Å²) in [5, 5.41) is 13.6. The summed E-state index contributed by atoms with van der Waals surface area (Å²) < 4.78 is 2.19. The van der Waals surface area contributed by atoms with Crippen molar-refractivity contribution in [3.63, 3.8) is 0 Å². The molecule has 0 unspecified atom stereocenters. The first-order chi connectivity index (χ1) is 13.8. The zero-order chi connectivity index (χ0) is 19.5. The maximum Gasteiger partial charge on any atom is 0.157 e. The van der Waals surface area contributed by atoms with Crippen LogP contribution in [0.5, 0.6) is 0 Å². The van der Waals surface area contributed by atoms with Crippen molar-refractivity contribution in [1.82, 2.24) is 14.3 Å². The van der Waals surface area contributed by atoms with Gasteiger partial charge in [-0.1, -0.05) is 26.0 Å². The molecule has 0 bridgehead atoms. The largest absolute Gasteiger partial charge is 0.371 e. The van der Waals surface area contributed by atoms with Gasteiger partial charge >= 0.3 is 0 Å². The van der Waals surface area contributed by atoms with Gasteiger partial charge in [-0.05, 0) is 75.0 Å². The molecule has 2 aromatic heterocycles. The third-order valence-electron chi connectivity index (χ3n) is 6.01. The highest BCUT2D eigenvalue weighted by atomic mass is 15.1. The van der Waals surface area contributed by atoms with Crippen molar-refractivity contribution in [2.45, 2.75) is 46.0 Å². The average Bonchev–Trinajstić information content (AvgIpc) is 3.12. The molecular weight excluding hydrogens is 346 g/mol. The Hall–Kier alpha value is -2.58. The maximum atomic E-state index is 9.91. The number of nitriles is 1. The molecule has 0 fully saturated rings. The predicted molar refractivity (Wildman–Crippen MR) is 115 cm³/mol. The lowest BCUT2D eigenvalue weighted by Gasteiger charge is -2.24. The Labute approximate surface area is 167 Å². The van der Waals surface area contributed by atoms with Crippen LogP contribution in [0.2, 0.25) is 0 Å². The fourth-order valence-electron chi connectivity index (χ4n) is 4.49. The quantitative estimate of drug-likeness (QED) is 0.623. The molecule has 1 N–H and O–H groups in total. The Morgan fingerprint density at radius 1 is 1.14 bits per heavy atom. The third kappa shape index (κ3) is 3.22. The fourth-order valence-corrected chi connectivity index (χ4v) is 4.49. The van der Waals surface area contributed by atoms with Crippen LogP contribution in [-0.2, 0) is 12.8 Å². The van der Waals surface area contributed by atoms with E-state index in [-0.39, 0.29) is 0 Å². The molecule has 0 radical (unpaired) electrons. The lowest BCUT2D eigenvalue weighted by atomic mass is 9.89. The van der Waals surface area contributed by atoms with E-state index in [1.165, 1.54) is 17.5 Å². The van der Waals surface area contributed by atoms with E-state index < -0.39 is 0 Å². The zero-order valence-corrected chi connectivity index (χ0v) is 17.0. The Morgan fingerprint density at radius 3 is 2.64 bits per heavy atom. The molecule has 0 atom stereocenters. The van der Waals surface area contributed by atoms with Crippen LogP contribution >= 0.6 is 0 Å². The molecule has 0 spiro atoms. The van der Waals surface area contributed by atoms with Gasteiger partial charge in [-0.15, -0.1) is 0 Å². The van der Waals surface area contributed by atoms with Gasteiger partial charge < -0.3 is 10.2 Å². The van der Waals surface area contributed by atoms with Gasteiger partial charge in [-0.3, -0.25) is 4.40 Å². The van der Waals surface area contributed by atoms with Crippen molar-refractivity contribution in [3.8, 4) is 6.07 Å². The molecule has 0 aliphatic heterocycles. The van der Waals surface area contributed by atoms with Gasteiger partial charge in [0, 0.05) is 6.54 Å². The molecule has 1 aliphatic carbocycles. The van der Waals surface area contributed by atoms with Crippen LogP contribution in [0.25, 0.3) is 16.7 Å². The monoisotopic (exact) mass is 375 g/mol. The first-order valence-electron chi connectivity index (χ1n) is 10.6. The fraction of sp³-hybridized carbons (Fsp3) is 0.478.